The number of benzene rings is 1. The molecule has 17 heavy (non-hydrogen) atoms. The Morgan fingerprint density at radius 3 is 2.71 bits per heavy atom. The van der Waals surface area contributed by atoms with E-state index >= 15 is 0 Å². The van der Waals surface area contributed by atoms with E-state index in [0.717, 1.165) is 18.4 Å². The van der Waals surface area contributed by atoms with Crippen molar-refractivity contribution >= 4 is 29.0 Å². The highest BCUT2D eigenvalue weighted by Crippen LogP contribution is 2.26. The predicted molar refractivity (Wildman–Crippen MR) is 72.6 cm³/mol. The Kier molecular flexibility index (Phi) is 5.96. The molecule has 0 aliphatic carbocycles. The number of hydrogen-bond acceptors (Lipinski definition) is 2. The Morgan fingerprint density at radius 2 is 2.12 bits per heavy atom. The number of carbonyl (C=O) groups excluding carboxylic acids is 1. The highest BCUT2D eigenvalue weighted by Gasteiger charge is 2.17. The van der Waals surface area contributed by atoms with Crippen LogP contribution in [-0.4, -0.2) is 12.3 Å². The molecule has 1 aromatic carbocycles. The molecule has 2 N–H and O–H groups in total. The van der Waals surface area contributed by atoms with E-state index in [2.05, 4.69) is 0 Å². The maximum Gasteiger partial charge on any atom is 0.141 e. The molecule has 0 aromatic heterocycles. The molecule has 0 aliphatic rings. The Labute approximate surface area is 112 Å². The summed E-state index contributed by atoms with van der Waals surface area (Å²) in [5.74, 6) is 0.0635. The van der Waals surface area contributed by atoms with Crippen molar-refractivity contribution in [3.63, 3.8) is 0 Å². The van der Waals surface area contributed by atoms with Crippen LogP contribution in [0.25, 0.3) is 0 Å². The summed E-state index contributed by atoms with van der Waals surface area (Å²) in [4.78, 5) is 12.0. The molecule has 1 rings (SSSR count). The van der Waals surface area contributed by atoms with Gasteiger partial charge >= 0.3 is 0 Å². The Bertz CT molecular complexity index is 393. The number of rotatable bonds is 6. The first-order valence-corrected chi connectivity index (χ1v) is 6.51. The average molecular weight is 274 g/mol. The van der Waals surface area contributed by atoms with Gasteiger partial charge in [0.15, 0.2) is 0 Å². The van der Waals surface area contributed by atoms with Crippen molar-refractivity contribution in [3.05, 3.63) is 33.8 Å². The van der Waals surface area contributed by atoms with Crippen molar-refractivity contribution in [1.82, 2.24) is 0 Å². The van der Waals surface area contributed by atoms with E-state index in [-0.39, 0.29) is 11.7 Å². The molecule has 94 valence electrons. The molecule has 1 unspecified atom stereocenters. The topological polar surface area (TPSA) is 43.1 Å². The fraction of sp³-hybridized carbons (Fsp3) is 0.462. The second-order valence-corrected chi connectivity index (χ2v) is 4.86. The predicted octanol–water partition coefficient (Wildman–Crippen LogP) is 3.48. The molecule has 1 atom stereocenters. The number of ketones is 1. The number of nitrogens with two attached hydrogens (primary N) is 1. The molecule has 2 nitrogen and oxygen atoms in total. The van der Waals surface area contributed by atoms with Gasteiger partial charge in [-0.3, -0.25) is 4.79 Å². The smallest absolute Gasteiger partial charge is 0.141 e. The number of halogens is 2. The quantitative estimate of drug-likeness (QED) is 0.863. The van der Waals surface area contributed by atoms with E-state index in [9.17, 15) is 4.79 Å². The van der Waals surface area contributed by atoms with Gasteiger partial charge in [-0.2, -0.15) is 0 Å². The summed E-state index contributed by atoms with van der Waals surface area (Å²) < 4.78 is 0. The van der Waals surface area contributed by atoms with Gasteiger partial charge in [-0.1, -0.05) is 48.7 Å². The number of Topliss-reactive ketones (excluding diaryl/α,β-unsaturated/α-hetero) is 1. The molecule has 0 fully saturated rings. The molecule has 1 aromatic rings. The summed E-state index contributed by atoms with van der Waals surface area (Å²) in [5, 5.41) is 0.951. The molecule has 4 heteroatoms. The van der Waals surface area contributed by atoms with E-state index in [1.807, 2.05) is 13.0 Å². The first-order valence-electron chi connectivity index (χ1n) is 5.75. The zero-order valence-corrected chi connectivity index (χ0v) is 11.4. The monoisotopic (exact) mass is 273 g/mol. The lowest BCUT2D eigenvalue weighted by Gasteiger charge is -2.13. The van der Waals surface area contributed by atoms with Crippen molar-refractivity contribution in [3.8, 4) is 0 Å². The van der Waals surface area contributed by atoms with E-state index in [1.165, 1.54) is 0 Å². The van der Waals surface area contributed by atoms with Gasteiger partial charge < -0.3 is 5.73 Å². The first-order chi connectivity index (χ1) is 8.10. The molecule has 0 spiro atoms. The number of hydrogen-bond donors (Lipinski definition) is 1. The highest BCUT2D eigenvalue weighted by molar-refractivity contribution is 6.42. The SMILES string of the molecule is CCCC(CN)C(=O)Cc1cccc(Cl)c1Cl. The lowest BCUT2D eigenvalue weighted by atomic mass is 9.94. The summed E-state index contributed by atoms with van der Waals surface area (Å²) in [6.45, 7) is 2.44. The molecule has 0 amide bonds. The molecular weight excluding hydrogens is 257 g/mol. The van der Waals surface area contributed by atoms with Crippen LogP contribution in [0.1, 0.15) is 25.3 Å². The average Bonchev–Trinajstić information content (AvgIpc) is 2.31. The Balaban J connectivity index is 2.76. The summed E-state index contributed by atoms with van der Waals surface area (Å²) in [5.41, 5.74) is 6.38. The van der Waals surface area contributed by atoms with Gasteiger partial charge in [-0.05, 0) is 18.1 Å². The normalized spacial score (nSPS) is 12.5. The van der Waals surface area contributed by atoms with Gasteiger partial charge in [0.1, 0.15) is 5.78 Å². The number of carbonyl (C=O) groups is 1. The second-order valence-electron chi connectivity index (χ2n) is 4.08. The zero-order chi connectivity index (χ0) is 12.8. The van der Waals surface area contributed by atoms with E-state index in [1.54, 1.807) is 12.1 Å². The van der Waals surface area contributed by atoms with E-state index in [0.29, 0.717) is 23.0 Å². The molecule has 0 heterocycles. The molecule has 0 saturated carbocycles. The summed E-state index contributed by atoms with van der Waals surface area (Å²) in [7, 11) is 0. The third-order valence-corrected chi connectivity index (χ3v) is 3.63. The van der Waals surface area contributed by atoms with E-state index in [4.69, 9.17) is 28.9 Å². The van der Waals surface area contributed by atoms with Gasteiger partial charge in [0.25, 0.3) is 0 Å². The zero-order valence-electron chi connectivity index (χ0n) is 9.88. The van der Waals surface area contributed by atoms with E-state index < -0.39 is 0 Å². The van der Waals surface area contributed by atoms with Crippen LogP contribution in [0.15, 0.2) is 18.2 Å². The van der Waals surface area contributed by atoms with Gasteiger partial charge in [-0.15, -0.1) is 0 Å². The fourth-order valence-corrected chi connectivity index (χ4v) is 2.16. The molecular formula is C13H17Cl2NO. The van der Waals surface area contributed by atoms with Crippen LogP contribution in [0, 0.1) is 5.92 Å². The molecule has 0 saturated heterocycles. The maximum absolute atomic E-state index is 12.0. The second kappa shape index (κ2) is 7.00. The van der Waals surface area contributed by atoms with Crippen LogP contribution in [0.2, 0.25) is 10.0 Å². The fourth-order valence-electron chi connectivity index (χ4n) is 1.78. The minimum Gasteiger partial charge on any atom is -0.330 e. The van der Waals surface area contributed by atoms with Crippen LogP contribution < -0.4 is 5.73 Å². The van der Waals surface area contributed by atoms with Crippen molar-refractivity contribution < 1.29 is 4.79 Å². The third-order valence-electron chi connectivity index (χ3n) is 2.77. The van der Waals surface area contributed by atoms with Gasteiger partial charge in [-0.25, -0.2) is 0 Å². The highest BCUT2D eigenvalue weighted by atomic mass is 35.5. The lowest BCUT2D eigenvalue weighted by molar-refractivity contribution is -0.122. The van der Waals surface area contributed by atoms with Crippen molar-refractivity contribution in [1.29, 1.82) is 0 Å². The molecule has 0 aliphatic heterocycles. The summed E-state index contributed by atoms with van der Waals surface area (Å²) in [6, 6.07) is 5.34. The van der Waals surface area contributed by atoms with Crippen molar-refractivity contribution in [2.75, 3.05) is 6.54 Å². The van der Waals surface area contributed by atoms with Crippen molar-refractivity contribution in [2.24, 2.45) is 11.7 Å². The van der Waals surface area contributed by atoms with Crippen LogP contribution in [0.4, 0.5) is 0 Å². The van der Waals surface area contributed by atoms with Gasteiger partial charge in [0.05, 0.1) is 10.0 Å². The van der Waals surface area contributed by atoms with Gasteiger partial charge in [0, 0.05) is 18.9 Å². The van der Waals surface area contributed by atoms with Crippen molar-refractivity contribution in [2.45, 2.75) is 26.2 Å². The molecule has 0 radical (unpaired) electrons. The summed E-state index contributed by atoms with van der Waals surface area (Å²) in [6.07, 6.45) is 2.09. The van der Waals surface area contributed by atoms with Gasteiger partial charge in [0.2, 0.25) is 0 Å². The lowest BCUT2D eigenvalue weighted by Crippen LogP contribution is -2.25. The van der Waals surface area contributed by atoms with Crippen LogP contribution in [0.3, 0.4) is 0 Å². The van der Waals surface area contributed by atoms with Crippen LogP contribution in [-0.2, 0) is 11.2 Å². The summed E-state index contributed by atoms with van der Waals surface area (Å²) >= 11 is 12.0. The third kappa shape index (κ3) is 3.98. The maximum atomic E-state index is 12.0. The van der Waals surface area contributed by atoms with Crippen LogP contribution in [0.5, 0.6) is 0 Å². The Hall–Kier alpha value is -0.570. The first kappa shape index (κ1) is 14.5. The standard InChI is InChI=1S/C13H17Cl2NO/c1-2-4-10(8-16)12(17)7-9-5-3-6-11(14)13(9)15/h3,5-6,10H,2,4,7-8,16H2,1H3. The molecule has 0 bridgehead atoms. The largest absolute Gasteiger partial charge is 0.330 e. The minimum absolute atomic E-state index is 0.0740. The van der Waals surface area contributed by atoms with Crippen LogP contribution >= 0.6 is 23.2 Å². The Morgan fingerprint density at radius 1 is 1.41 bits per heavy atom. The minimum atomic E-state index is -0.0740.